The fourth-order valence-corrected chi connectivity index (χ4v) is 2.00. The molecule has 0 saturated heterocycles. The zero-order valence-electron chi connectivity index (χ0n) is 12.7. The smallest absolute Gasteiger partial charge is 0.165 e. The molecular weight excluding hydrogens is 278 g/mol. The number of ether oxygens (including phenoxy) is 2. The van der Waals surface area contributed by atoms with Crippen molar-refractivity contribution in [1.29, 1.82) is 0 Å². The fourth-order valence-electron chi connectivity index (χ4n) is 2.00. The number of hydrogen-bond acceptors (Lipinski definition) is 4. The summed E-state index contributed by atoms with van der Waals surface area (Å²) >= 11 is 0. The predicted molar refractivity (Wildman–Crippen MR) is 86.1 cm³/mol. The Balaban J connectivity index is 2.12. The van der Waals surface area contributed by atoms with Crippen molar-refractivity contribution in [3.05, 3.63) is 72.4 Å². The minimum Gasteiger partial charge on any atom is -0.494 e. The topological polar surface area (TPSA) is 50.7 Å². The van der Waals surface area contributed by atoms with Gasteiger partial charge in [-0.3, -0.25) is 10.7 Å². The maximum absolute atomic E-state index is 9.14. The first kappa shape index (κ1) is 15.9. The van der Waals surface area contributed by atoms with Gasteiger partial charge in [0.05, 0.1) is 12.3 Å². The third-order valence-electron chi connectivity index (χ3n) is 3.11. The lowest BCUT2D eigenvalue weighted by Gasteiger charge is -2.21. The molecule has 0 amide bonds. The van der Waals surface area contributed by atoms with Gasteiger partial charge in [-0.2, -0.15) is 0 Å². The van der Waals surface area contributed by atoms with Crippen LogP contribution in [0.2, 0.25) is 0 Å². The van der Waals surface area contributed by atoms with Gasteiger partial charge in [0.1, 0.15) is 11.5 Å². The summed E-state index contributed by atoms with van der Waals surface area (Å²) in [6.07, 6.45) is 0.490. The summed E-state index contributed by atoms with van der Waals surface area (Å²) in [6.45, 7) is 6.55. The van der Waals surface area contributed by atoms with Crippen molar-refractivity contribution in [2.24, 2.45) is 0 Å². The molecule has 116 valence electrons. The molecule has 1 atom stereocenters. The third-order valence-corrected chi connectivity index (χ3v) is 3.11. The van der Waals surface area contributed by atoms with Crippen LogP contribution in [0.4, 0.5) is 0 Å². The van der Waals surface area contributed by atoms with E-state index in [0.29, 0.717) is 18.1 Å². The molecule has 0 spiro atoms. The lowest BCUT2D eigenvalue weighted by atomic mass is 10.1. The molecule has 0 aromatic heterocycles. The van der Waals surface area contributed by atoms with Gasteiger partial charge >= 0.3 is 0 Å². The SMILES string of the molecule is C=C(NO)C(Oc1ccc(OCCC)cc1)c1ccccc1. The maximum Gasteiger partial charge on any atom is 0.165 e. The second-order valence-corrected chi connectivity index (χ2v) is 4.87. The zero-order chi connectivity index (χ0) is 15.8. The Morgan fingerprint density at radius 3 is 2.32 bits per heavy atom. The molecule has 0 aliphatic heterocycles. The van der Waals surface area contributed by atoms with Crippen LogP contribution in [0.1, 0.15) is 25.0 Å². The van der Waals surface area contributed by atoms with Gasteiger partial charge in [0, 0.05) is 0 Å². The summed E-state index contributed by atoms with van der Waals surface area (Å²) in [4.78, 5) is 0. The van der Waals surface area contributed by atoms with E-state index < -0.39 is 6.10 Å². The Bertz CT molecular complexity index is 581. The van der Waals surface area contributed by atoms with Gasteiger partial charge < -0.3 is 9.47 Å². The van der Waals surface area contributed by atoms with Crippen molar-refractivity contribution in [1.82, 2.24) is 5.48 Å². The number of nitrogens with one attached hydrogen (secondary N) is 1. The van der Waals surface area contributed by atoms with E-state index >= 15 is 0 Å². The van der Waals surface area contributed by atoms with E-state index in [9.17, 15) is 0 Å². The van der Waals surface area contributed by atoms with E-state index in [2.05, 4.69) is 19.0 Å². The molecule has 0 heterocycles. The van der Waals surface area contributed by atoms with Crippen molar-refractivity contribution >= 4 is 0 Å². The highest BCUT2D eigenvalue weighted by Gasteiger charge is 2.16. The van der Waals surface area contributed by atoms with Gasteiger partial charge in [-0.25, -0.2) is 0 Å². The van der Waals surface area contributed by atoms with Crippen LogP contribution >= 0.6 is 0 Å². The van der Waals surface area contributed by atoms with Crippen molar-refractivity contribution < 1.29 is 14.7 Å². The highest BCUT2D eigenvalue weighted by molar-refractivity contribution is 5.33. The zero-order valence-corrected chi connectivity index (χ0v) is 12.7. The van der Waals surface area contributed by atoms with Gasteiger partial charge in [0.25, 0.3) is 0 Å². The Labute approximate surface area is 131 Å². The van der Waals surface area contributed by atoms with Crippen molar-refractivity contribution in [3.8, 4) is 11.5 Å². The number of hydroxylamine groups is 1. The largest absolute Gasteiger partial charge is 0.494 e. The Morgan fingerprint density at radius 1 is 1.09 bits per heavy atom. The lowest BCUT2D eigenvalue weighted by Crippen LogP contribution is -2.19. The molecule has 2 aromatic rings. The second kappa shape index (κ2) is 8.10. The van der Waals surface area contributed by atoms with Gasteiger partial charge in [-0.1, -0.05) is 43.8 Å². The Morgan fingerprint density at radius 2 is 1.73 bits per heavy atom. The summed E-state index contributed by atoms with van der Waals surface area (Å²) in [7, 11) is 0. The van der Waals surface area contributed by atoms with Crippen molar-refractivity contribution in [3.63, 3.8) is 0 Å². The molecule has 0 fully saturated rings. The Hall–Kier alpha value is -2.46. The quantitative estimate of drug-likeness (QED) is 0.721. The molecular formula is C18H21NO3. The van der Waals surface area contributed by atoms with E-state index in [1.807, 2.05) is 54.6 Å². The van der Waals surface area contributed by atoms with Gasteiger partial charge in [-0.05, 0) is 36.2 Å². The van der Waals surface area contributed by atoms with E-state index in [1.54, 1.807) is 0 Å². The van der Waals surface area contributed by atoms with Crippen molar-refractivity contribution in [2.45, 2.75) is 19.4 Å². The van der Waals surface area contributed by atoms with E-state index in [-0.39, 0.29) is 0 Å². The minimum absolute atomic E-state index is 0.373. The molecule has 22 heavy (non-hydrogen) atoms. The van der Waals surface area contributed by atoms with Gasteiger partial charge in [0.15, 0.2) is 6.10 Å². The van der Waals surface area contributed by atoms with Crippen LogP contribution in [-0.4, -0.2) is 11.8 Å². The van der Waals surface area contributed by atoms with Gasteiger partial charge in [-0.15, -0.1) is 0 Å². The highest BCUT2D eigenvalue weighted by atomic mass is 16.5. The molecule has 4 heteroatoms. The first-order valence-electron chi connectivity index (χ1n) is 7.28. The summed E-state index contributed by atoms with van der Waals surface area (Å²) in [6, 6.07) is 17.0. The van der Waals surface area contributed by atoms with Crippen LogP contribution in [0.3, 0.4) is 0 Å². The minimum atomic E-state index is -0.478. The predicted octanol–water partition coefficient (Wildman–Crippen LogP) is 4.09. The summed E-state index contributed by atoms with van der Waals surface area (Å²) < 4.78 is 11.5. The first-order chi connectivity index (χ1) is 10.7. The van der Waals surface area contributed by atoms with Gasteiger partial charge in [0.2, 0.25) is 0 Å². The summed E-state index contributed by atoms with van der Waals surface area (Å²) in [5.41, 5.74) is 3.35. The maximum atomic E-state index is 9.14. The average molecular weight is 299 g/mol. The molecule has 1 unspecified atom stereocenters. The average Bonchev–Trinajstić information content (AvgIpc) is 2.59. The standard InChI is InChI=1S/C18H21NO3/c1-3-13-21-16-9-11-17(12-10-16)22-18(14(2)19-20)15-7-5-4-6-8-15/h4-12,18-20H,2-3,13H2,1H3. The van der Waals surface area contributed by atoms with Crippen LogP contribution in [0.15, 0.2) is 66.9 Å². The van der Waals surface area contributed by atoms with Crippen molar-refractivity contribution in [2.75, 3.05) is 6.61 Å². The van der Waals surface area contributed by atoms with Crippen LogP contribution < -0.4 is 15.0 Å². The molecule has 0 aliphatic carbocycles. The van der Waals surface area contributed by atoms with E-state index in [4.69, 9.17) is 14.7 Å². The molecule has 2 N–H and O–H groups in total. The van der Waals surface area contributed by atoms with Crippen LogP contribution in [-0.2, 0) is 0 Å². The molecule has 4 nitrogen and oxygen atoms in total. The fraction of sp³-hybridized carbons (Fsp3) is 0.222. The lowest BCUT2D eigenvalue weighted by molar-refractivity contribution is 0.148. The number of benzene rings is 2. The Kier molecular flexibility index (Phi) is 5.86. The summed E-state index contributed by atoms with van der Waals surface area (Å²) in [5.74, 6) is 1.48. The molecule has 0 bridgehead atoms. The van der Waals surface area contributed by atoms with Crippen LogP contribution in [0.25, 0.3) is 0 Å². The molecule has 0 saturated carbocycles. The van der Waals surface area contributed by atoms with Crippen LogP contribution in [0.5, 0.6) is 11.5 Å². The molecule has 2 aromatic carbocycles. The monoisotopic (exact) mass is 299 g/mol. The summed E-state index contributed by atoms with van der Waals surface area (Å²) in [5, 5.41) is 9.14. The molecule has 2 rings (SSSR count). The van der Waals surface area contributed by atoms with E-state index in [0.717, 1.165) is 17.7 Å². The first-order valence-corrected chi connectivity index (χ1v) is 7.28. The second-order valence-electron chi connectivity index (χ2n) is 4.87. The van der Waals surface area contributed by atoms with Crippen LogP contribution in [0, 0.1) is 0 Å². The highest BCUT2D eigenvalue weighted by Crippen LogP contribution is 2.27. The third kappa shape index (κ3) is 4.27. The normalized spacial score (nSPS) is 11.5. The molecule has 0 aliphatic rings. The molecule has 0 radical (unpaired) electrons. The number of hydrogen-bond donors (Lipinski definition) is 2. The number of rotatable bonds is 8. The van der Waals surface area contributed by atoms with E-state index in [1.165, 1.54) is 0 Å².